The Labute approximate surface area is 203 Å². The molecule has 0 saturated heterocycles. The van der Waals surface area contributed by atoms with Crippen LogP contribution in [0.4, 0.5) is 17.4 Å². The number of carbonyl (C=O) groups excluding carboxylic acids is 1. The first-order valence-corrected chi connectivity index (χ1v) is 11.7. The van der Waals surface area contributed by atoms with E-state index in [9.17, 15) is 9.59 Å². The Kier molecular flexibility index (Phi) is 7.41. The summed E-state index contributed by atoms with van der Waals surface area (Å²) in [7, 11) is 0. The monoisotopic (exact) mass is 473 g/mol. The van der Waals surface area contributed by atoms with Crippen LogP contribution in [0.2, 0.25) is 0 Å². The maximum Gasteiger partial charge on any atom is 0.320 e. The van der Waals surface area contributed by atoms with Crippen LogP contribution in [0.1, 0.15) is 72.3 Å². The van der Waals surface area contributed by atoms with Crippen molar-refractivity contribution in [2.24, 2.45) is 5.92 Å². The van der Waals surface area contributed by atoms with E-state index < -0.39 is 11.9 Å². The molecule has 4 rings (SSSR count). The predicted molar refractivity (Wildman–Crippen MR) is 129 cm³/mol. The molecule has 0 aliphatic heterocycles. The second-order valence-electron chi connectivity index (χ2n) is 8.77. The van der Waals surface area contributed by atoms with Crippen molar-refractivity contribution in [2.45, 2.75) is 51.4 Å². The first-order chi connectivity index (χ1) is 16.9. The Morgan fingerprint density at radius 1 is 1.11 bits per heavy atom. The minimum absolute atomic E-state index is 0.0865. The normalized spacial score (nSPS) is 17.4. The number of benzene rings is 2. The number of aryl methyl sites for hydroxylation is 1. The van der Waals surface area contributed by atoms with Gasteiger partial charge < -0.3 is 20.2 Å². The van der Waals surface area contributed by atoms with Crippen molar-refractivity contribution in [2.75, 3.05) is 10.6 Å². The summed E-state index contributed by atoms with van der Waals surface area (Å²) in [5.41, 5.74) is 4.02. The number of carboxylic acids is 1. The van der Waals surface area contributed by atoms with E-state index >= 15 is 0 Å². The van der Waals surface area contributed by atoms with E-state index in [4.69, 9.17) is 14.8 Å². The molecule has 0 atom stereocenters. The molecule has 9 nitrogen and oxygen atoms in total. The molecule has 1 aliphatic rings. The summed E-state index contributed by atoms with van der Waals surface area (Å²) >= 11 is 0. The predicted octanol–water partition coefficient (Wildman–Crippen LogP) is 5.25. The SMILES string of the molecule is CCc1cc(C#N)ccc1Nc1nnc(C(=O)Nc2ccc([C@H]3CC[C@H](CC(=O)O)CC3)cc2)o1. The number of amides is 1. The number of nitrogens with one attached hydrogen (secondary N) is 2. The van der Waals surface area contributed by atoms with Crippen LogP contribution in [0.25, 0.3) is 0 Å². The molecule has 0 spiro atoms. The van der Waals surface area contributed by atoms with Crippen molar-refractivity contribution in [1.29, 1.82) is 5.26 Å². The molecule has 3 N–H and O–H groups in total. The van der Waals surface area contributed by atoms with E-state index in [1.807, 2.05) is 31.2 Å². The second-order valence-corrected chi connectivity index (χ2v) is 8.77. The van der Waals surface area contributed by atoms with Gasteiger partial charge in [-0.25, -0.2) is 0 Å². The lowest BCUT2D eigenvalue weighted by Crippen LogP contribution is -2.16. The van der Waals surface area contributed by atoms with Gasteiger partial charge in [0.15, 0.2) is 0 Å². The van der Waals surface area contributed by atoms with E-state index in [0.29, 0.717) is 23.6 Å². The molecule has 9 heteroatoms. The van der Waals surface area contributed by atoms with Crippen molar-refractivity contribution in [3.63, 3.8) is 0 Å². The van der Waals surface area contributed by atoms with Gasteiger partial charge >= 0.3 is 23.8 Å². The zero-order valence-corrected chi connectivity index (χ0v) is 19.5. The average Bonchev–Trinajstić information content (AvgIpc) is 3.34. The Bertz CT molecular complexity index is 1240. The highest BCUT2D eigenvalue weighted by Gasteiger charge is 2.24. The van der Waals surface area contributed by atoms with Gasteiger partial charge in [0.1, 0.15) is 0 Å². The van der Waals surface area contributed by atoms with Crippen LogP contribution in [0.15, 0.2) is 46.9 Å². The lowest BCUT2D eigenvalue weighted by Gasteiger charge is -2.28. The number of carboxylic acid groups (broad SMARTS) is 1. The molecule has 0 unspecified atom stereocenters. The standard InChI is InChI=1S/C26H27N5O4/c1-2-18-13-17(15-27)5-12-22(18)29-26-31-30-25(35-26)24(34)28-21-10-8-20(9-11-21)19-6-3-16(4-7-19)14-23(32)33/h5,8-13,16,19H,2-4,6-7,14H2,1H3,(H,28,34)(H,29,31)(H,32,33)/t16-,19-. The maximum absolute atomic E-state index is 12.6. The van der Waals surface area contributed by atoms with E-state index in [1.165, 1.54) is 5.56 Å². The Morgan fingerprint density at radius 3 is 2.51 bits per heavy atom. The molecule has 1 heterocycles. The molecule has 0 radical (unpaired) electrons. The zero-order chi connectivity index (χ0) is 24.8. The van der Waals surface area contributed by atoms with Gasteiger partial charge in [0, 0.05) is 17.8 Å². The quantitative estimate of drug-likeness (QED) is 0.403. The molecule has 1 saturated carbocycles. The smallest absolute Gasteiger partial charge is 0.320 e. The van der Waals surface area contributed by atoms with Crippen LogP contribution in [-0.4, -0.2) is 27.2 Å². The van der Waals surface area contributed by atoms with Gasteiger partial charge in [-0.05, 0) is 85.4 Å². The highest BCUT2D eigenvalue weighted by Crippen LogP contribution is 2.37. The number of nitriles is 1. The van der Waals surface area contributed by atoms with Crippen LogP contribution < -0.4 is 10.6 Å². The molecule has 2 aromatic carbocycles. The van der Waals surface area contributed by atoms with Gasteiger partial charge in [-0.1, -0.05) is 24.2 Å². The van der Waals surface area contributed by atoms with Crippen LogP contribution in [0.5, 0.6) is 0 Å². The number of rotatable bonds is 8. The van der Waals surface area contributed by atoms with Crippen LogP contribution >= 0.6 is 0 Å². The molecule has 1 aliphatic carbocycles. The number of hydrogen-bond donors (Lipinski definition) is 3. The summed E-state index contributed by atoms with van der Waals surface area (Å²) < 4.78 is 5.48. The van der Waals surface area contributed by atoms with Gasteiger partial charge in [-0.15, -0.1) is 5.10 Å². The highest BCUT2D eigenvalue weighted by atomic mass is 16.4. The molecular formula is C26H27N5O4. The molecule has 0 bridgehead atoms. The molecule has 180 valence electrons. The van der Waals surface area contributed by atoms with Crippen molar-refractivity contribution in [3.05, 3.63) is 65.0 Å². The fourth-order valence-electron chi connectivity index (χ4n) is 4.53. The number of anilines is 3. The molecule has 1 fully saturated rings. The van der Waals surface area contributed by atoms with E-state index in [-0.39, 0.29) is 24.2 Å². The van der Waals surface area contributed by atoms with Crippen molar-refractivity contribution < 1.29 is 19.1 Å². The second kappa shape index (κ2) is 10.8. The van der Waals surface area contributed by atoms with Gasteiger partial charge in [0.25, 0.3) is 0 Å². The first kappa shape index (κ1) is 24.0. The van der Waals surface area contributed by atoms with Gasteiger partial charge in [-0.3, -0.25) is 9.59 Å². The first-order valence-electron chi connectivity index (χ1n) is 11.7. The topological polar surface area (TPSA) is 141 Å². The Hall–Kier alpha value is -4.19. The molecular weight excluding hydrogens is 446 g/mol. The summed E-state index contributed by atoms with van der Waals surface area (Å²) in [6, 6.07) is 15.1. The molecule has 35 heavy (non-hydrogen) atoms. The molecule has 1 amide bonds. The average molecular weight is 474 g/mol. The summed E-state index contributed by atoms with van der Waals surface area (Å²) in [5, 5.41) is 31.6. The van der Waals surface area contributed by atoms with Crippen molar-refractivity contribution in [1.82, 2.24) is 10.2 Å². The summed E-state index contributed by atoms with van der Waals surface area (Å²) in [6.45, 7) is 1.98. The minimum atomic E-state index is -0.724. The van der Waals surface area contributed by atoms with E-state index in [2.05, 4.69) is 26.9 Å². The van der Waals surface area contributed by atoms with Crippen molar-refractivity contribution in [3.8, 4) is 6.07 Å². The van der Waals surface area contributed by atoms with Crippen LogP contribution in [0.3, 0.4) is 0 Å². The van der Waals surface area contributed by atoms with Crippen LogP contribution in [-0.2, 0) is 11.2 Å². The Balaban J connectivity index is 1.34. The third-order valence-corrected chi connectivity index (χ3v) is 6.43. The highest BCUT2D eigenvalue weighted by molar-refractivity contribution is 6.00. The number of carbonyl (C=O) groups is 2. The fourth-order valence-corrected chi connectivity index (χ4v) is 4.53. The third kappa shape index (κ3) is 6.03. The number of aromatic nitrogens is 2. The summed E-state index contributed by atoms with van der Waals surface area (Å²) in [5.74, 6) is -0.730. The van der Waals surface area contributed by atoms with Crippen LogP contribution in [0, 0.1) is 17.2 Å². The van der Waals surface area contributed by atoms with Gasteiger partial charge in [-0.2, -0.15) is 5.26 Å². The Morgan fingerprint density at radius 2 is 1.86 bits per heavy atom. The largest absolute Gasteiger partial charge is 0.481 e. The zero-order valence-electron chi connectivity index (χ0n) is 19.5. The van der Waals surface area contributed by atoms with E-state index in [1.54, 1.807) is 18.2 Å². The molecule has 3 aromatic rings. The minimum Gasteiger partial charge on any atom is -0.481 e. The maximum atomic E-state index is 12.6. The molecule has 1 aromatic heterocycles. The summed E-state index contributed by atoms with van der Waals surface area (Å²) in [4.78, 5) is 23.5. The third-order valence-electron chi connectivity index (χ3n) is 6.43. The number of hydrogen-bond acceptors (Lipinski definition) is 7. The van der Waals surface area contributed by atoms with Crippen molar-refractivity contribution >= 4 is 29.3 Å². The number of aliphatic carboxylic acids is 1. The van der Waals surface area contributed by atoms with E-state index in [0.717, 1.165) is 36.9 Å². The number of nitrogens with zero attached hydrogens (tertiary/aromatic N) is 3. The fraction of sp³-hybridized carbons (Fsp3) is 0.346. The summed E-state index contributed by atoms with van der Waals surface area (Å²) in [6.07, 6.45) is 4.74. The lowest BCUT2D eigenvalue weighted by atomic mass is 9.77. The lowest BCUT2D eigenvalue weighted by molar-refractivity contribution is -0.138. The van der Waals surface area contributed by atoms with Gasteiger partial charge in [0.2, 0.25) is 0 Å². The van der Waals surface area contributed by atoms with Gasteiger partial charge in [0.05, 0.1) is 11.6 Å².